The zero-order chi connectivity index (χ0) is 13.8. The van der Waals surface area contributed by atoms with Crippen LogP contribution in [0.1, 0.15) is 0 Å². The van der Waals surface area contributed by atoms with Gasteiger partial charge in [0.2, 0.25) is 5.75 Å². The maximum atomic E-state index is 5.89. The number of hydrogen-bond acceptors (Lipinski definition) is 6. The molecule has 1 aromatic carbocycles. The smallest absolute Gasteiger partial charge is 0.268 e. The van der Waals surface area contributed by atoms with Gasteiger partial charge in [0.25, 0.3) is 5.88 Å². The van der Waals surface area contributed by atoms with E-state index in [0.717, 1.165) is 0 Å². The average molecular weight is 301 g/mol. The fourth-order valence-corrected chi connectivity index (χ4v) is 1.92. The molecular formula is C11H10Cl2N4O2. The van der Waals surface area contributed by atoms with Crippen LogP contribution in [0.15, 0.2) is 24.5 Å². The van der Waals surface area contributed by atoms with E-state index in [1.807, 2.05) is 0 Å². The van der Waals surface area contributed by atoms with Gasteiger partial charge in [-0.05, 0) is 18.2 Å². The Kier molecular flexibility index (Phi) is 4.26. The van der Waals surface area contributed by atoms with Gasteiger partial charge in [-0.15, -0.1) is 0 Å². The molecule has 19 heavy (non-hydrogen) atoms. The van der Waals surface area contributed by atoms with Gasteiger partial charge < -0.3 is 14.9 Å². The Morgan fingerprint density at radius 1 is 1.16 bits per heavy atom. The molecule has 0 aliphatic rings. The lowest BCUT2D eigenvalue weighted by molar-refractivity contribution is 0.369. The molecule has 0 unspecified atom stereocenters. The normalized spacial score (nSPS) is 10.1. The van der Waals surface area contributed by atoms with Crippen molar-refractivity contribution >= 4 is 29.0 Å². The van der Waals surface area contributed by atoms with E-state index in [2.05, 4.69) is 15.4 Å². The van der Waals surface area contributed by atoms with Crippen LogP contribution in [0.25, 0.3) is 0 Å². The van der Waals surface area contributed by atoms with E-state index in [1.54, 1.807) is 18.2 Å². The quantitative estimate of drug-likeness (QED) is 0.667. The van der Waals surface area contributed by atoms with Crippen LogP contribution in [0.4, 0.5) is 5.82 Å². The van der Waals surface area contributed by atoms with Gasteiger partial charge in [-0.1, -0.05) is 23.2 Å². The molecule has 2 aromatic rings. The molecule has 6 nitrogen and oxygen atoms in total. The van der Waals surface area contributed by atoms with Crippen molar-refractivity contribution in [2.75, 3.05) is 12.5 Å². The summed E-state index contributed by atoms with van der Waals surface area (Å²) in [6, 6.07) is 4.80. The second kappa shape index (κ2) is 5.92. The number of nitrogens with zero attached hydrogens (tertiary/aromatic N) is 2. The van der Waals surface area contributed by atoms with Crippen molar-refractivity contribution in [3.05, 3.63) is 34.6 Å². The number of methoxy groups -OCH3 is 1. The summed E-state index contributed by atoms with van der Waals surface area (Å²) < 4.78 is 10.7. The van der Waals surface area contributed by atoms with Crippen molar-refractivity contribution in [3.8, 4) is 17.4 Å². The molecule has 0 radical (unpaired) electrons. The molecule has 3 N–H and O–H groups in total. The molecule has 0 aliphatic carbocycles. The number of hydrazine groups is 1. The van der Waals surface area contributed by atoms with Crippen molar-refractivity contribution in [1.82, 2.24) is 9.97 Å². The van der Waals surface area contributed by atoms with E-state index in [9.17, 15) is 0 Å². The van der Waals surface area contributed by atoms with E-state index in [-0.39, 0.29) is 11.6 Å². The molecule has 0 saturated heterocycles. The first-order chi connectivity index (χ1) is 9.13. The first-order valence-electron chi connectivity index (χ1n) is 5.13. The third-order valence-corrected chi connectivity index (χ3v) is 2.60. The summed E-state index contributed by atoms with van der Waals surface area (Å²) in [4.78, 5) is 7.87. The fraction of sp³-hybridized carbons (Fsp3) is 0.0909. The minimum atomic E-state index is 0.198. The molecule has 0 fully saturated rings. The highest BCUT2D eigenvalue weighted by Gasteiger charge is 2.14. The highest BCUT2D eigenvalue weighted by molar-refractivity contribution is 6.34. The SMILES string of the molecule is COc1c(NN)ncnc1Oc1cc(Cl)cc(Cl)c1. The monoisotopic (exact) mass is 300 g/mol. The molecule has 0 amide bonds. The number of anilines is 1. The average Bonchev–Trinajstić information content (AvgIpc) is 2.37. The molecule has 100 valence electrons. The highest BCUT2D eigenvalue weighted by Crippen LogP contribution is 2.35. The largest absolute Gasteiger partial charge is 0.489 e. The van der Waals surface area contributed by atoms with Crippen molar-refractivity contribution in [1.29, 1.82) is 0 Å². The Labute approximate surface area is 119 Å². The molecule has 0 spiro atoms. The summed E-state index contributed by atoms with van der Waals surface area (Å²) in [5, 5.41) is 0.903. The van der Waals surface area contributed by atoms with Gasteiger partial charge in [0, 0.05) is 10.0 Å². The standard InChI is InChI=1S/C11H10Cl2N4O2/c1-18-9-10(17-14)15-5-16-11(9)19-8-3-6(12)2-7(13)4-8/h2-5H,14H2,1H3,(H,15,16,17). The van der Waals surface area contributed by atoms with Gasteiger partial charge in [0.1, 0.15) is 12.1 Å². The van der Waals surface area contributed by atoms with Gasteiger partial charge in [-0.3, -0.25) is 0 Å². The number of ether oxygens (including phenoxy) is 2. The molecule has 0 saturated carbocycles. The number of rotatable bonds is 4. The van der Waals surface area contributed by atoms with E-state index in [1.165, 1.54) is 13.4 Å². The summed E-state index contributed by atoms with van der Waals surface area (Å²) in [5.74, 6) is 6.53. The number of nitrogen functional groups attached to an aromatic ring is 1. The Balaban J connectivity index is 2.37. The summed E-state index contributed by atoms with van der Waals surface area (Å²) in [5.41, 5.74) is 2.39. The zero-order valence-corrected chi connectivity index (χ0v) is 11.4. The van der Waals surface area contributed by atoms with Crippen molar-refractivity contribution in [2.45, 2.75) is 0 Å². The van der Waals surface area contributed by atoms with Crippen molar-refractivity contribution in [2.24, 2.45) is 5.84 Å². The van der Waals surface area contributed by atoms with Crippen LogP contribution in [0.3, 0.4) is 0 Å². The topological polar surface area (TPSA) is 82.3 Å². The van der Waals surface area contributed by atoms with E-state index < -0.39 is 0 Å². The second-order valence-electron chi connectivity index (χ2n) is 3.41. The number of benzene rings is 1. The van der Waals surface area contributed by atoms with E-state index >= 15 is 0 Å². The van der Waals surface area contributed by atoms with Gasteiger partial charge >= 0.3 is 0 Å². The zero-order valence-electron chi connectivity index (χ0n) is 9.85. The van der Waals surface area contributed by atoms with Crippen LogP contribution in [0.2, 0.25) is 10.0 Å². The van der Waals surface area contributed by atoms with Crippen LogP contribution >= 0.6 is 23.2 Å². The molecule has 1 heterocycles. The Hall–Kier alpha value is -1.76. The number of nitrogens with one attached hydrogen (secondary N) is 1. The van der Waals surface area contributed by atoms with Crippen LogP contribution < -0.4 is 20.7 Å². The van der Waals surface area contributed by atoms with Crippen LogP contribution in [-0.2, 0) is 0 Å². The maximum absolute atomic E-state index is 5.89. The molecule has 2 rings (SSSR count). The lowest BCUT2D eigenvalue weighted by Crippen LogP contribution is -2.10. The molecular weight excluding hydrogens is 291 g/mol. The molecule has 0 aliphatic heterocycles. The van der Waals surface area contributed by atoms with Gasteiger partial charge in [-0.25, -0.2) is 10.8 Å². The third kappa shape index (κ3) is 3.17. The molecule has 8 heteroatoms. The lowest BCUT2D eigenvalue weighted by atomic mass is 10.3. The minimum Gasteiger partial charge on any atom is -0.489 e. The lowest BCUT2D eigenvalue weighted by Gasteiger charge is -2.11. The van der Waals surface area contributed by atoms with Crippen molar-refractivity contribution in [3.63, 3.8) is 0 Å². The summed E-state index contributed by atoms with van der Waals surface area (Å²) in [6.45, 7) is 0. The maximum Gasteiger partial charge on any atom is 0.268 e. The Morgan fingerprint density at radius 3 is 2.42 bits per heavy atom. The first kappa shape index (κ1) is 13.7. The Morgan fingerprint density at radius 2 is 1.84 bits per heavy atom. The fourth-order valence-electron chi connectivity index (χ4n) is 1.42. The Bertz CT molecular complexity index is 575. The minimum absolute atomic E-state index is 0.198. The van der Waals surface area contributed by atoms with Gasteiger partial charge in [0.05, 0.1) is 7.11 Å². The number of halogens is 2. The summed E-state index contributed by atoms with van der Waals surface area (Å²) in [7, 11) is 1.46. The second-order valence-corrected chi connectivity index (χ2v) is 4.29. The predicted molar refractivity (Wildman–Crippen MR) is 72.9 cm³/mol. The van der Waals surface area contributed by atoms with Crippen LogP contribution in [-0.4, -0.2) is 17.1 Å². The van der Waals surface area contributed by atoms with Crippen LogP contribution in [0, 0.1) is 0 Å². The predicted octanol–water partition coefficient (Wildman–Crippen LogP) is 2.87. The summed E-state index contributed by atoms with van der Waals surface area (Å²) in [6.07, 6.45) is 1.29. The molecule has 0 atom stereocenters. The first-order valence-corrected chi connectivity index (χ1v) is 5.89. The van der Waals surface area contributed by atoms with Crippen molar-refractivity contribution < 1.29 is 9.47 Å². The van der Waals surface area contributed by atoms with Gasteiger partial charge in [0.15, 0.2) is 5.82 Å². The third-order valence-electron chi connectivity index (χ3n) is 2.16. The molecule has 0 bridgehead atoms. The van der Waals surface area contributed by atoms with E-state index in [0.29, 0.717) is 21.6 Å². The number of hydrogen-bond donors (Lipinski definition) is 2. The van der Waals surface area contributed by atoms with Gasteiger partial charge in [-0.2, -0.15) is 4.98 Å². The highest BCUT2D eigenvalue weighted by atomic mass is 35.5. The number of aromatic nitrogens is 2. The summed E-state index contributed by atoms with van der Waals surface area (Å²) >= 11 is 11.8. The molecule has 1 aromatic heterocycles. The van der Waals surface area contributed by atoms with Crippen LogP contribution in [0.5, 0.6) is 17.4 Å². The van der Waals surface area contributed by atoms with E-state index in [4.69, 9.17) is 38.5 Å². The number of nitrogens with two attached hydrogens (primary N) is 1.